The fourth-order valence-electron chi connectivity index (χ4n) is 2.87. The summed E-state index contributed by atoms with van der Waals surface area (Å²) in [7, 11) is 0. The van der Waals surface area contributed by atoms with E-state index < -0.39 is 0 Å². The highest BCUT2D eigenvalue weighted by atomic mass is 35.5. The van der Waals surface area contributed by atoms with Gasteiger partial charge in [0.2, 0.25) is 0 Å². The molecule has 0 amide bonds. The summed E-state index contributed by atoms with van der Waals surface area (Å²) in [6.45, 7) is 6.39. The van der Waals surface area contributed by atoms with Gasteiger partial charge in [0.1, 0.15) is 21.3 Å². The smallest absolute Gasteiger partial charge is 0.348 e. The molecule has 0 saturated carbocycles. The van der Waals surface area contributed by atoms with Crippen molar-refractivity contribution in [2.24, 2.45) is 0 Å². The number of nitrogens with zero attached hydrogens (tertiary/aromatic N) is 2. The standard InChI is InChI=1S/C19H21ClN4O2S/c1-4-26-19(25)16-10(2)15-17(21)23-14(24-18(15)27-16)9-22-11(3)12-7-5-6-8-13(12)20/h5-8,11,22H,4,9H2,1-3H3,(H2,21,23,24)/t11-/m1/s1. The Morgan fingerprint density at radius 1 is 1.37 bits per heavy atom. The number of nitrogen functional groups attached to an aromatic ring is 1. The normalized spacial score (nSPS) is 12.3. The van der Waals surface area contributed by atoms with Crippen molar-refractivity contribution in [3.8, 4) is 0 Å². The summed E-state index contributed by atoms with van der Waals surface area (Å²) in [5.74, 6) is 0.575. The van der Waals surface area contributed by atoms with Crippen LogP contribution in [0.25, 0.3) is 10.2 Å². The van der Waals surface area contributed by atoms with Crippen LogP contribution in [0.3, 0.4) is 0 Å². The van der Waals surface area contributed by atoms with Crippen LogP contribution in [0.1, 0.15) is 46.5 Å². The summed E-state index contributed by atoms with van der Waals surface area (Å²) in [4.78, 5) is 22.3. The summed E-state index contributed by atoms with van der Waals surface area (Å²) in [5.41, 5.74) is 7.91. The van der Waals surface area contributed by atoms with Crippen LogP contribution in [0.15, 0.2) is 24.3 Å². The molecule has 8 heteroatoms. The molecular weight excluding hydrogens is 384 g/mol. The number of fused-ring (bicyclic) bond motifs is 1. The van der Waals surface area contributed by atoms with E-state index in [1.54, 1.807) is 6.92 Å². The molecule has 0 spiro atoms. The molecule has 0 bridgehead atoms. The van der Waals surface area contributed by atoms with Crippen molar-refractivity contribution in [2.45, 2.75) is 33.4 Å². The van der Waals surface area contributed by atoms with Crippen molar-refractivity contribution in [1.29, 1.82) is 0 Å². The van der Waals surface area contributed by atoms with Crippen molar-refractivity contribution >= 4 is 44.9 Å². The molecule has 0 aliphatic rings. The maximum absolute atomic E-state index is 12.1. The van der Waals surface area contributed by atoms with Gasteiger partial charge in [-0.3, -0.25) is 0 Å². The predicted molar refractivity (Wildman–Crippen MR) is 109 cm³/mol. The van der Waals surface area contributed by atoms with Gasteiger partial charge in [0, 0.05) is 11.1 Å². The minimum absolute atomic E-state index is 0.0272. The number of hydrogen-bond acceptors (Lipinski definition) is 7. The Balaban J connectivity index is 1.84. The Morgan fingerprint density at radius 3 is 2.81 bits per heavy atom. The highest BCUT2D eigenvalue weighted by molar-refractivity contribution is 7.20. The molecule has 2 aromatic heterocycles. The van der Waals surface area contributed by atoms with Gasteiger partial charge < -0.3 is 15.8 Å². The number of esters is 1. The van der Waals surface area contributed by atoms with Crippen LogP contribution >= 0.6 is 22.9 Å². The molecule has 1 atom stereocenters. The van der Waals surface area contributed by atoms with Crippen LogP contribution in [-0.4, -0.2) is 22.5 Å². The molecule has 0 fully saturated rings. The van der Waals surface area contributed by atoms with Crippen LogP contribution < -0.4 is 11.1 Å². The fourth-order valence-corrected chi connectivity index (χ4v) is 4.27. The molecule has 0 aliphatic carbocycles. The van der Waals surface area contributed by atoms with Crippen LogP contribution in [0.4, 0.5) is 5.82 Å². The summed E-state index contributed by atoms with van der Waals surface area (Å²) in [6, 6.07) is 7.72. The summed E-state index contributed by atoms with van der Waals surface area (Å²) in [5, 5.41) is 4.78. The third-order valence-electron chi connectivity index (χ3n) is 4.26. The van der Waals surface area contributed by atoms with Crippen LogP contribution in [0.5, 0.6) is 0 Å². The zero-order valence-electron chi connectivity index (χ0n) is 15.4. The quantitative estimate of drug-likeness (QED) is 0.596. The molecule has 27 heavy (non-hydrogen) atoms. The molecule has 0 unspecified atom stereocenters. The molecule has 0 radical (unpaired) electrons. The van der Waals surface area contributed by atoms with Gasteiger partial charge in [-0.15, -0.1) is 11.3 Å². The van der Waals surface area contributed by atoms with Gasteiger partial charge in [0.15, 0.2) is 0 Å². The Labute approximate surface area is 166 Å². The van der Waals surface area contributed by atoms with Crippen molar-refractivity contribution in [3.05, 3.63) is 51.1 Å². The highest BCUT2D eigenvalue weighted by Gasteiger charge is 2.20. The molecule has 6 nitrogen and oxygen atoms in total. The number of aromatic nitrogens is 2. The van der Waals surface area contributed by atoms with E-state index in [2.05, 4.69) is 15.3 Å². The topological polar surface area (TPSA) is 90.1 Å². The zero-order valence-corrected chi connectivity index (χ0v) is 16.9. The van der Waals surface area contributed by atoms with Gasteiger partial charge in [0.25, 0.3) is 0 Å². The Bertz CT molecular complexity index is 989. The van der Waals surface area contributed by atoms with E-state index in [0.717, 1.165) is 11.1 Å². The maximum atomic E-state index is 12.1. The summed E-state index contributed by atoms with van der Waals surface area (Å²) in [6.07, 6.45) is 0. The summed E-state index contributed by atoms with van der Waals surface area (Å²) >= 11 is 7.53. The first-order valence-corrected chi connectivity index (χ1v) is 9.82. The van der Waals surface area contributed by atoms with Crippen LogP contribution in [-0.2, 0) is 11.3 Å². The first-order chi connectivity index (χ1) is 12.9. The second-order valence-corrected chi connectivity index (χ2v) is 7.51. The lowest BCUT2D eigenvalue weighted by molar-refractivity contribution is 0.0531. The van der Waals surface area contributed by atoms with Crippen molar-refractivity contribution in [1.82, 2.24) is 15.3 Å². The first kappa shape index (κ1) is 19.5. The van der Waals surface area contributed by atoms with Gasteiger partial charge in [-0.2, -0.15) is 0 Å². The van der Waals surface area contributed by atoms with Crippen molar-refractivity contribution < 1.29 is 9.53 Å². The number of nitrogens with one attached hydrogen (secondary N) is 1. The number of aryl methyl sites for hydroxylation is 1. The number of benzene rings is 1. The lowest BCUT2D eigenvalue weighted by Gasteiger charge is -2.15. The number of hydrogen-bond donors (Lipinski definition) is 2. The Hall–Kier alpha value is -2.22. The molecule has 2 heterocycles. The molecule has 3 aromatic rings. The third kappa shape index (κ3) is 4.05. The van der Waals surface area contributed by atoms with Gasteiger partial charge in [-0.25, -0.2) is 14.8 Å². The fraction of sp³-hybridized carbons (Fsp3) is 0.316. The van der Waals surface area contributed by atoms with E-state index >= 15 is 0 Å². The number of anilines is 1. The minimum Gasteiger partial charge on any atom is -0.462 e. The van der Waals surface area contributed by atoms with Gasteiger partial charge >= 0.3 is 5.97 Å². The van der Waals surface area contributed by atoms with Gasteiger partial charge in [-0.05, 0) is 38.0 Å². The van der Waals surface area contributed by atoms with Crippen molar-refractivity contribution in [2.75, 3.05) is 12.3 Å². The second-order valence-electron chi connectivity index (χ2n) is 6.11. The Morgan fingerprint density at radius 2 is 2.11 bits per heavy atom. The van der Waals surface area contributed by atoms with E-state index in [1.165, 1.54) is 11.3 Å². The van der Waals surface area contributed by atoms with Crippen LogP contribution in [0, 0.1) is 6.92 Å². The molecule has 0 aliphatic heterocycles. The lowest BCUT2D eigenvalue weighted by atomic mass is 10.1. The monoisotopic (exact) mass is 404 g/mol. The van der Waals surface area contributed by atoms with E-state index in [0.29, 0.717) is 44.9 Å². The number of ether oxygens (including phenoxy) is 1. The number of nitrogens with two attached hydrogens (primary N) is 1. The van der Waals surface area contributed by atoms with Gasteiger partial charge in [0.05, 0.1) is 18.5 Å². The maximum Gasteiger partial charge on any atom is 0.348 e. The summed E-state index contributed by atoms with van der Waals surface area (Å²) < 4.78 is 5.11. The average molecular weight is 405 g/mol. The largest absolute Gasteiger partial charge is 0.462 e. The van der Waals surface area contributed by atoms with E-state index in [9.17, 15) is 4.79 Å². The first-order valence-electron chi connectivity index (χ1n) is 8.62. The number of thiophene rings is 1. The number of halogens is 1. The van der Waals surface area contributed by atoms with E-state index in [4.69, 9.17) is 22.1 Å². The average Bonchev–Trinajstić information content (AvgIpc) is 2.97. The predicted octanol–water partition coefficient (Wildman–Crippen LogP) is 4.26. The van der Waals surface area contributed by atoms with Crippen molar-refractivity contribution in [3.63, 3.8) is 0 Å². The molecule has 142 valence electrons. The van der Waals surface area contributed by atoms with E-state index in [-0.39, 0.29) is 12.0 Å². The SMILES string of the molecule is CCOC(=O)c1sc2nc(CN[C@H](C)c3ccccc3Cl)nc(N)c2c1C. The second kappa shape index (κ2) is 8.21. The number of carbonyl (C=O) groups is 1. The lowest BCUT2D eigenvalue weighted by Crippen LogP contribution is -2.20. The zero-order chi connectivity index (χ0) is 19.6. The number of rotatable bonds is 6. The van der Waals surface area contributed by atoms with Crippen LogP contribution in [0.2, 0.25) is 5.02 Å². The molecular formula is C19H21ClN4O2S. The Kier molecular flexibility index (Phi) is 5.94. The molecule has 3 N–H and O–H groups in total. The third-order valence-corrected chi connectivity index (χ3v) is 5.77. The minimum atomic E-state index is -0.357. The number of carbonyl (C=O) groups excluding carboxylic acids is 1. The molecule has 1 aromatic carbocycles. The molecule has 0 saturated heterocycles. The highest BCUT2D eigenvalue weighted by Crippen LogP contribution is 2.33. The van der Waals surface area contributed by atoms with E-state index in [1.807, 2.05) is 38.1 Å². The molecule has 3 rings (SSSR count). The van der Waals surface area contributed by atoms with Gasteiger partial charge in [-0.1, -0.05) is 29.8 Å².